The molecule has 0 bridgehead atoms. The Morgan fingerprint density at radius 1 is 1.33 bits per heavy atom. The molecule has 0 radical (unpaired) electrons. The van der Waals surface area contributed by atoms with Crippen LogP contribution in [0.4, 0.5) is 0 Å². The molecule has 90 valence electrons. The fourth-order valence-electron chi connectivity index (χ4n) is 1.28. The van der Waals surface area contributed by atoms with E-state index in [0.717, 1.165) is 13.0 Å². The summed E-state index contributed by atoms with van der Waals surface area (Å²) in [4.78, 5) is 11.2. The zero-order valence-electron chi connectivity index (χ0n) is 10.0. The van der Waals surface area contributed by atoms with Gasteiger partial charge in [0, 0.05) is 13.2 Å². The monoisotopic (exact) mass is 217 g/mol. The largest absolute Gasteiger partial charge is 0.468 e. The fourth-order valence-corrected chi connectivity index (χ4v) is 1.28. The van der Waals surface area contributed by atoms with Crippen LogP contribution in [0.25, 0.3) is 0 Å². The van der Waals surface area contributed by atoms with Crippen LogP contribution in [-0.4, -0.2) is 39.4 Å². The van der Waals surface area contributed by atoms with Crippen molar-refractivity contribution in [3.63, 3.8) is 0 Å². The van der Waals surface area contributed by atoms with Gasteiger partial charge in [-0.25, -0.2) is 0 Å². The summed E-state index contributed by atoms with van der Waals surface area (Å²) in [5.74, 6) is -0.227. The molecule has 0 heterocycles. The molecular formula is C11H23NO3. The van der Waals surface area contributed by atoms with E-state index in [1.165, 1.54) is 20.0 Å². The van der Waals surface area contributed by atoms with Crippen LogP contribution in [0.15, 0.2) is 0 Å². The van der Waals surface area contributed by atoms with E-state index >= 15 is 0 Å². The number of hydrogen-bond donors (Lipinski definition) is 1. The van der Waals surface area contributed by atoms with E-state index in [4.69, 9.17) is 4.74 Å². The van der Waals surface area contributed by atoms with Crippen LogP contribution >= 0.6 is 0 Å². The van der Waals surface area contributed by atoms with Gasteiger partial charge in [0.05, 0.1) is 7.11 Å². The number of methoxy groups -OCH3 is 1. The minimum Gasteiger partial charge on any atom is -0.468 e. The Morgan fingerprint density at radius 2 is 2.07 bits per heavy atom. The molecule has 0 saturated carbocycles. The fraction of sp³-hybridized carbons (Fsp3) is 0.909. The predicted molar refractivity (Wildman–Crippen MR) is 59.8 cm³/mol. The summed E-state index contributed by atoms with van der Waals surface area (Å²) in [7, 11) is 3.15. The standard InChI is InChI=1S/C11H23NO3/c1-4-5-6-8-15-9-7-10(12-2)11(13)14-3/h10,12H,4-9H2,1-3H3. The molecule has 1 atom stereocenters. The Balaban J connectivity index is 3.42. The van der Waals surface area contributed by atoms with E-state index in [9.17, 15) is 4.79 Å². The summed E-state index contributed by atoms with van der Waals surface area (Å²) >= 11 is 0. The Morgan fingerprint density at radius 3 is 2.60 bits per heavy atom. The highest BCUT2D eigenvalue weighted by Crippen LogP contribution is 1.98. The van der Waals surface area contributed by atoms with Crippen LogP contribution in [0.5, 0.6) is 0 Å². The lowest BCUT2D eigenvalue weighted by Crippen LogP contribution is -2.36. The van der Waals surface area contributed by atoms with E-state index in [2.05, 4.69) is 17.0 Å². The summed E-state index contributed by atoms with van der Waals surface area (Å²) < 4.78 is 10.1. The van der Waals surface area contributed by atoms with E-state index in [0.29, 0.717) is 13.0 Å². The zero-order valence-corrected chi connectivity index (χ0v) is 10.0. The summed E-state index contributed by atoms with van der Waals surface area (Å²) in [6.07, 6.45) is 4.16. The molecule has 0 aromatic rings. The summed E-state index contributed by atoms with van der Waals surface area (Å²) in [6, 6.07) is -0.249. The van der Waals surface area contributed by atoms with Gasteiger partial charge in [-0.05, 0) is 19.9 Å². The van der Waals surface area contributed by atoms with Crippen molar-refractivity contribution in [1.82, 2.24) is 5.32 Å². The summed E-state index contributed by atoms with van der Waals surface area (Å²) in [6.45, 7) is 3.55. The molecule has 0 aliphatic heterocycles. The molecule has 0 rings (SSSR count). The van der Waals surface area contributed by atoms with Crippen LogP contribution in [0.2, 0.25) is 0 Å². The predicted octanol–water partition coefficient (Wildman–Crippen LogP) is 1.34. The Bertz CT molecular complexity index is 162. The first-order valence-electron chi connectivity index (χ1n) is 5.59. The quantitative estimate of drug-likeness (QED) is 0.468. The molecule has 4 nitrogen and oxygen atoms in total. The maximum absolute atomic E-state index is 11.2. The van der Waals surface area contributed by atoms with Crippen LogP contribution in [0.3, 0.4) is 0 Å². The van der Waals surface area contributed by atoms with E-state index < -0.39 is 0 Å². The van der Waals surface area contributed by atoms with Gasteiger partial charge in [0.2, 0.25) is 0 Å². The highest BCUT2D eigenvalue weighted by Gasteiger charge is 2.15. The maximum Gasteiger partial charge on any atom is 0.322 e. The van der Waals surface area contributed by atoms with Gasteiger partial charge in [0.1, 0.15) is 6.04 Å². The first kappa shape index (κ1) is 14.4. The minimum atomic E-state index is -0.249. The van der Waals surface area contributed by atoms with Crippen molar-refractivity contribution >= 4 is 5.97 Å². The first-order valence-corrected chi connectivity index (χ1v) is 5.59. The second-order valence-corrected chi connectivity index (χ2v) is 3.47. The molecule has 0 saturated heterocycles. The number of hydrogen-bond acceptors (Lipinski definition) is 4. The van der Waals surface area contributed by atoms with Gasteiger partial charge in [0.25, 0.3) is 0 Å². The van der Waals surface area contributed by atoms with E-state index in [-0.39, 0.29) is 12.0 Å². The molecule has 1 unspecified atom stereocenters. The number of nitrogens with one attached hydrogen (secondary N) is 1. The number of rotatable bonds is 9. The second kappa shape index (κ2) is 9.93. The Hall–Kier alpha value is -0.610. The van der Waals surface area contributed by atoms with Crippen molar-refractivity contribution < 1.29 is 14.3 Å². The molecule has 4 heteroatoms. The van der Waals surface area contributed by atoms with Crippen molar-refractivity contribution in [1.29, 1.82) is 0 Å². The van der Waals surface area contributed by atoms with Gasteiger partial charge < -0.3 is 14.8 Å². The van der Waals surface area contributed by atoms with E-state index in [1.54, 1.807) is 7.05 Å². The molecule has 0 aliphatic rings. The normalized spacial score (nSPS) is 12.5. The SMILES string of the molecule is CCCCCOCCC(NC)C(=O)OC. The molecule has 15 heavy (non-hydrogen) atoms. The third-order valence-corrected chi connectivity index (χ3v) is 2.28. The lowest BCUT2D eigenvalue weighted by molar-refractivity contribution is -0.143. The topological polar surface area (TPSA) is 47.6 Å². The number of carbonyl (C=O) groups excluding carboxylic acids is 1. The average molecular weight is 217 g/mol. The molecule has 1 N–H and O–H groups in total. The number of carbonyl (C=O) groups is 1. The lowest BCUT2D eigenvalue weighted by Gasteiger charge is -2.13. The van der Waals surface area contributed by atoms with Crippen molar-refractivity contribution in [2.75, 3.05) is 27.4 Å². The van der Waals surface area contributed by atoms with Crippen LogP contribution in [-0.2, 0) is 14.3 Å². The van der Waals surface area contributed by atoms with Crippen LogP contribution in [0, 0.1) is 0 Å². The minimum absolute atomic E-state index is 0.227. The number of unbranched alkanes of at least 4 members (excludes halogenated alkanes) is 2. The van der Waals surface area contributed by atoms with Gasteiger partial charge in [-0.2, -0.15) is 0 Å². The molecule has 0 aliphatic carbocycles. The molecule has 0 aromatic heterocycles. The van der Waals surface area contributed by atoms with Crippen molar-refractivity contribution in [2.45, 2.75) is 38.6 Å². The molecular weight excluding hydrogens is 194 g/mol. The highest BCUT2D eigenvalue weighted by molar-refractivity contribution is 5.75. The highest BCUT2D eigenvalue weighted by atomic mass is 16.5. The third kappa shape index (κ3) is 7.33. The van der Waals surface area contributed by atoms with Gasteiger partial charge >= 0.3 is 5.97 Å². The average Bonchev–Trinajstić information content (AvgIpc) is 2.27. The molecule has 0 spiro atoms. The van der Waals surface area contributed by atoms with Crippen LogP contribution < -0.4 is 5.32 Å². The van der Waals surface area contributed by atoms with Crippen molar-refractivity contribution in [3.8, 4) is 0 Å². The third-order valence-electron chi connectivity index (χ3n) is 2.28. The van der Waals surface area contributed by atoms with Gasteiger partial charge in [-0.1, -0.05) is 19.8 Å². The van der Waals surface area contributed by atoms with Gasteiger partial charge in [0.15, 0.2) is 0 Å². The summed E-state index contributed by atoms with van der Waals surface area (Å²) in [5.41, 5.74) is 0. The number of ether oxygens (including phenoxy) is 2. The Kier molecular flexibility index (Phi) is 9.52. The van der Waals surface area contributed by atoms with Crippen molar-refractivity contribution in [2.24, 2.45) is 0 Å². The number of likely N-dealkylation sites (N-methyl/N-ethyl adjacent to an activating group) is 1. The second-order valence-electron chi connectivity index (χ2n) is 3.47. The van der Waals surface area contributed by atoms with Crippen LogP contribution in [0.1, 0.15) is 32.6 Å². The Labute approximate surface area is 92.3 Å². The molecule has 0 amide bonds. The molecule has 0 fully saturated rings. The lowest BCUT2D eigenvalue weighted by atomic mass is 10.2. The van der Waals surface area contributed by atoms with Gasteiger partial charge in [-0.3, -0.25) is 4.79 Å². The van der Waals surface area contributed by atoms with Crippen molar-refractivity contribution in [3.05, 3.63) is 0 Å². The summed E-state index contributed by atoms with van der Waals surface area (Å²) in [5, 5.41) is 2.90. The zero-order chi connectivity index (χ0) is 11.5. The first-order chi connectivity index (χ1) is 7.26. The number of esters is 1. The van der Waals surface area contributed by atoms with E-state index in [1.807, 2.05) is 0 Å². The van der Waals surface area contributed by atoms with Gasteiger partial charge in [-0.15, -0.1) is 0 Å². The maximum atomic E-state index is 11.2. The smallest absolute Gasteiger partial charge is 0.322 e. The molecule has 0 aromatic carbocycles.